The second-order valence-electron chi connectivity index (χ2n) is 11.7. The van der Waals surface area contributed by atoms with E-state index < -0.39 is 0 Å². The van der Waals surface area contributed by atoms with Gasteiger partial charge in [-0.05, 0) is 86.7 Å². The monoisotopic (exact) mass is 561 g/mol. The van der Waals surface area contributed by atoms with Crippen LogP contribution in [0.3, 0.4) is 0 Å². The second-order valence-corrected chi connectivity index (χ2v) is 11.7. The van der Waals surface area contributed by atoms with Gasteiger partial charge in [0.25, 0.3) is 5.56 Å². The van der Waals surface area contributed by atoms with Crippen molar-refractivity contribution < 1.29 is 4.79 Å². The maximum atomic E-state index is 13.9. The zero-order valence-corrected chi connectivity index (χ0v) is 23.9. The molecule has 9 heteroatoms. The number of nitrogens with zero attached hydrogens (tertiary/aromatic N) is 6. The first-order chi connectivity index (χ1) is 20.5. The molecular weight excluding hydrogens is 526 g/mol. The molecule has 2 fully saturated rings. The third-order valence-electron chi connectivity index (χ3n) is 8.60. The van der Waals surface area contributed by atoms with Crippen molar-refractivity contribution in [1.82, 2.24) is 24.4 Å². The summed E-state index contributed by atoms with van der Waals surface area (Å²) in [5, 5.41) is 3.98. The first kappa shape index (κ1) is 26.5. The number of hydrogen-bond acceptors (Lipinski definition) is 8. The van der Waals surface area contributed by atoms with Crippen LogP contribution in [0.1, 0.15) is 53.7 Å². The van der Waals surface area contributed by atoms with Gasteiger partial charge >= 0.3 is 0 Å². The molecule has 214 valence electrons. The van der Waals surface area contributed by atoms with E-state index in [1.165, 1.54) is 11.3 Å². The van der Waals surface area contributed by atoms with Crippen LogP contribution in [0.2, 0.25) is 0 Å². The number of piperazine rings is 1. The summed E-state index contributed by atoms with van der Waals surface area (Å²) in [6, 6.07) is 13.9. The number of aromatic nitrogens is 4. The average molecular weight is 562 g/mol. The van der Waals surface area contributed by atoms with E-state index in [4.69, 9.17) is 4.98 Å². The highest BCUT2D eigenvalue weighted by Crippen LogP contribution is 2.33. The normalized spacial score (nSPS) is 17.5. The highest BCUT2D eigenvalue weighted by Gasteiger charge is 2.33. The van der Waals surface area contributed by atoms with E-state index in [2.05, 4.69) is 50.3 Å². The SMILES string of the molecule is CN1CCN(c2ccc(Nc3ncc4cc(C(=O)C5CC5)c(=O)n(Cc5cccnc5C5=CCCC5)c4n3)cc2)CC1. The van der Waals surface area contributed by atoms with Gasteiger partial charge in [-0.15, -0.1) is 0 Å². The summed E-state index contributed by atoms with van der Waals surface area (Å²) in [4.78, 5) is 45.8. The number of Topliss-reactive ketones (excluding diaryl/α,β-unsaturated/α-hetero) is 1. The zero-order chi connectivity index (χ0) is 28.6. The van der Waals surface area contributed by atoms with E-state index in [9.17, 15) is 9.59 Å². The number of benzene rings is 1. The number of hydrogen-bond donors (Lipinski definition) is 1. The third kappa shape index (κ3) is 5.32. The topological polar surface area (TPSA) is 96.2 Å². The quantitative estimate of drug-likeness (QED) is 0.304. The molecular formula is C33H35N7O2. The lowest BCUT2D eigenvalue weighted by atomic mass is 10.0. The minimum absolute atomic E-state index is 0.0585. The summed E-state index contributed by atoms with van der Waals surface area (Å²) < 4.78 is 1.63. The fourth-order valence-corrected chi connectivity index (χ4v) is 5.97. The lowest BCUT2D eigenvalue weighted by Gasteiger charge is -2.34. The molecule has 0 spiro atoms. The van der Waals surface area contributed by atoms with E-state index in [-0.39, 0.29) is 29.4 Å². The van der Waals surface area contributed by atoms with Gasteiger partial charge in [0.15, 0.2) is 5.78 Å². The molecule has 0 unspecified atom stereocenters. The van der Waals surface area contributed by atoms with Gasteiger partial charge in [0, 0.05) is 61.3 Å². The Bertz CT molecular complexity index is 1730. The maximum absolute atomic E-state index is 13.9. The lowest BCUT2D eigenvalue weighted by molar-refractivity contribution is 0.0966. The highest BCUT2D eigenvalue weighted by molar-refractivity contribution is 6.01. The van der Waals surface area contributed by atoms with Crippen LogP contribution in [0.5, 0.6) is 0 Å². The molecule has 2 aliphatic carbocycles. The molecule has 9 nitrogen and oxygen atoms in total. The number of nitrogens with one attached hydrogen (secondary N) is 1. The van der Waals surface area contributed by atoms with Crippen LogP contribution in [0.15, 0.2) is 65.7 Å². The Morgan fingerprint density at radius 3 is 2.60 bits per heavy atom. The molecule has 1 aliphatic heterocycles. The van der Waals surface area contributed by atoms with Crippen LogP contribution >= 0.6 is 0 Å². The summed E-state index contributed by atoms with van der Waals surface area (Å²) in [6.45, 7) is 4.40. The van der Waals surface area contributed by atoms with E-state index >= 15 is 0 Å². The Hall–Kier alpha value is -4.37. The third-order valence-corrected chi connectivity index (χ3v) is 8.60. The van der Waals surface area contributed by atoms with Gasteiger partial charge in [-0.25, -0.2) is 4.98 Å². The molecule has 0 bridgehead atoms. The number of carbonyl (C=O) groups is 1. The predicted octanol–water partition coefficient (Wildman–Crippen LogP) is 4.89. The van der Waals surface area contributed by atoms with E-state index in [0.29, 0.717) is 17.0 Å². The van der Waals surface area contributed by atoms with Crippen LogP contribution < -0.4 is 15.8 Å². The molecule has 0 radical (unpaired) electrons. The molecule has 0 atom stereocenters. The summed E-state index contributed by atoms with van der Waals surface area (Å²) >= 11 is 0. The first-order valence-corrected chi connectivity index (χ1v) is 14.9. The van der Waals surface area contributed by atoms with Gasteiger partial charge in [0.05, 0.1) is 17.8 Å². The van der Waals surface area contributed by atoms with E-state index in [1.807, 2.05) is 24.3 Å². The Kier molecular flexibility index (Phi) is 7.03. The van der Waals surface area contributed by atoms with Crippen molar-refractivity contribution in [2.75, 3.05) is 43.4 Å². The van der Waals surface area contributed by atoms with Crippen molar-refractivity contribution in [3.63, 3.8) is 0 Å². The molecule has 0 amide bonds. The Labute approximate surface area is 244 Å². The lowest BCUT2D eigenvalue weighted by Crippen LogP contribution is -2.44. The number of likely N-dealkylation sites (N-methyl/N-ethyl adjacent to an activating group) is 1. The largest absolute Gasteiger partial charge is 0.369 e. The number of allylic oxidation sites excluding steroid dienone is 2. The molecule has 1 saturated carbocycles. The maximum Gasteiger partial charge on any atom is 0.263 e. The van der Waals surface area contributed by atoms with Crippen LogP contribution in [0.25, 0.3) is 16.6 Å². The smallest absolute Gasteiger partial charge is 0.263 e. The number of fused-ring (bicyclic) bond motifs is 1. The minimum atomic E-state index is -0.309. The first-order valence-electron chi connectivity index (χ1n) is 14.9. The van der Waals surface area contributed by atoms with Crippen molar-refractivity contribution in [2.24, 2.45) is 5.92 Å². The molecule has 3 aliphatic rings. The molecule has 4 aromatic rings. The zero-order valence-electron chi connectivity index (χ0n) is 23.9. The van der Waals surface area contributed by atoms with Crippen molar-refractivity contribution in [3.8, 4) is 0 Å². The van der Waals surface area contributed by atoms with Crippen LogP contribution in [-0.2, 0) is 6.54 Å². The average Bonchev–Trinajstić information content (AvgIpc) is 3.73. The summed E-state index contributed by atoms with van der Waals surface area (Å²) in [6.07, 6.45) is 10.5. The van der Waals surface area contributed by atoms with Gasteiger partial charge in [-0.3, -0.25) is 19.1 Å². The Morgan fingerprint density at radius 1 is 1.05 bits per heavy atom. The fraction of sp³-hybridized carbons (Fsp3) is 0.364. The van der Waals surface area contributed by atoms with Crippen LogP contribution in [0, 0.1) is 5.92 Å². The fourth-order valence-electron chi connectivity index (χ4n) is 5.97. The summed E-state index contributed by atoms with van der Waals surface area (Å²) in [7, 11) is 2.15. The van der Waals surface area contributed by atoms with Crippen molar-refractivity contribution in [3.05, 3.63) is 88.1 Å². The molecule has 3 aromatic heterocycles. The molecule has 1 saturated heterocycles. The second kappa shape index (κ2) is 11.1. The van der Waals surface area contributed by atoms with Crippen LogP contribution in [0.4, 0.5) is 17.3 Å². The number of anilines is 3. The molecule has 1 aromatic carbocycles. The number of pyridine rings is 2. The van der Waals surface area contributed by atoms with Crippen molar-refractivity contribution in [1.29, 1.82) is 0 Å². The Morgan fingerprint density at radius 2 is 1.86 bits per heavy atom. The molecule has 4 heterocycles. The molecule has 42 heavy (non-hydrogen) atoms. The number of ketones is 1. The van der Waals surface area contributed by atoms with Crippen LogP contribution in [-0.4, -0.2) is 63.4 Å². The standard InChI is InChI=1S/C33H35N7O2/c1-38-15-17-39(18-16-38)27-12-10-26(11-13-27)36-33-35-20-25-19-28(30(41)23-8-9-23)32(42)40(31(25)37-33)21-24-7-4-14-34-29(24)22-5-2-3-6-22/h4-5,7,10-14,19-20,23H,2-3,6,8-9,15-18,21H2,1H3,(H,35,36,37). The predicted molar refractivity (Wildman–Crippen MR) is 165 cm³/mol. The van der Waals surface area contributed by atoms with Gasteiger partial charge in [0.1, 0.15) is 5.65 Å². The van der Waals surface area contributed by atoms with E-state index in [1.54, 1.807) is 23.0 Å². The van der Waals surface area contributed by atoms with Gasteiger partial charge < -0.3 is 15.1 Å². The van der Waals surface area contributed by atoms with Gasteiger partial charge in [0.2, 0.25) is 5.95 Å². The Balaban J connectivity index is 1.23. The number of rotatable bonds is 8. The summed E-state index contributed by atoms with van der Waals surface area (Å²) in [5.74, 6) is 0.259. The molecule has 1 N–H and O–H groups in total. The highest BCUT2D eigenvalue weighted by atomic mass is 16.1. The minimum Gasteiger partial charge on any atom is -0.369 e. The summed E-state index contributed by atoms with van der Waals surface area (Å²) in [5.41, 5.74) is 5.54. The van der Waals surface area contributed by atoms with E-state index in [0.717, 1.165) is 75.2 Å². The van der Waals surface area contributed by atoms with Crippen molar-refractivity contribution in [2.45, 2.75) is 38.6 Å². The van der Waals surface area contributed by atoms with Crippen molar-refractivity contribution >= 4 is 39.7 Å². The van der Waals surface area contributed by atoms with Gasteiger partial charge in [-0.1, -0.05) is 12.1 Å². The number of carbonyl (C=O) groups excluding carboxylic acids is 1. The van der Waals surface area contributed by atoms with Gasteiger partial charge in [-0.2, -0.15) is 4.98 Å². The molecule has 7 rings (SSSR count).